The van der Waals surface area contributed by atoms with E-state index in [1.807, 2.05) is 4.90 Å². The molecule has 0 spiro atoms. The van der Waals surface area contributed by atoms with E-state index in [1.165, 1.54) is 12.8 Å². The maximum atomic E-state index is 12.2. The predicted molar refractivity (Wildman–Crippen MR) is 69.3 cm³/mol. The molecule has 0 N–H and O–H groups in total. The Morgan fingerprint density at radius 3 is 2.88 bits per heavy atom. The van der Waals surface area contributed by atoms with Crippen LogP contribution in [0.15, 0.2) is 0 Å². The van der Waals surface area contributed by atoms with Gasteiger partial charge in [0.05, 0.1) is 11.9 Å². The lowest BCUT2D eigenvalue weighted by atomic mass is 10.1. The maximum Gasteiger partial charge on any atom is 0.235 e. The molecule has 0 aromatic rings. The average molecular weight is 266 g/mol. The third-order valence-corrected chi connectivity index (χ3v) is 4.22. The molecule has 0 aliphatic carbocycles. The van der Waals surface area contributed by atoms with Crippen LogP contribution in [-0.2, 0) is 9.53 Å². The summed E-state index contributed by atoms with van der Waals surface area (Å²) in [6, 6.07) is 0. The molecule has 1 unspecified atom stereocenters. The Labute approximate surface area is 107 Å². The zero-order valence-electron chi connectivity index (χ0n) is 9.78. The van der Waals surface area contributed by atoms with Crippen LogP contribution in [0.4, 0.5) is 0 Å². The molecule has 1 fully saturated rings. The molecule has 1 amide bonds. The zero-order chi connectivity index (χ0) is 11.8. The van der Waals surface area contributed by atoms with Crippen molar-refractivity contribution in [2.75, 3.05) is 38.4 Å². The van der Waals surface area contributed by atoms with Gasteiger partial charge in [-0.15, -0.1) is 23.4 Å². The topological polar surface area (TPSA) is 29.5 Å². The maximum absolute atomic E-state index is 12.2. The van der Waals surface area contributed by atoms with E-state index in [4.69, 9.17) is 16.3 Å². The summed E-state index contributed by atoms with van der Waals surface area (Å²) in [5.74, 6) is 1.84. The van der Waals surface area contributed by atoms with Crippen LogP contribution in [0.2, 0.25) is 0 Å². The third kappa shape index (κ3) is 4.52. The number of carbonyl (C=O) groups excluding carboxylic acids is 1. The summed E-state index contributed by atoms with van der Waals surface area (Å²) in [6.45, 7) is 1.86. The van der Waals surface area contributed by atoms with Crippen LogP contribution >= 0.6 is 23.4 Å². The molecule has 0 aromatic heterocycles. The number of carbonyl (C=O) groups is 1. The van der Waals surface area contributed by atoms with Crippen LogP contribution < -0.4 is 0 Å². The summed E-state index contributed by atoms with van der Waals surface area (Å²) >= 11 is 7.50. The fourth-order valence-corrected chi connectivity index (χ4v) is 3.26. The van der Waals surface area contributed by atoms with Gasteiger partial charge in [-0.2, -0.15) is 0 Å². The first-order chi connectivity index (χ1) is 7.79. The smallest absolute Gasteiger partial charge is 0.235 e. The molecule has 1 rings (SSSR count). The van der Waals surface area contributed by atoms with E-state index in [0.29, 0.717) is 25.6 Å². The van der Waals surface area contributed by atoms with Crippen molar-refractivity contribution in [3.8, 4) is 0 Å². The minimum atomic E-state index is 0.147. The first-order valence-corrected chi connectivity index (χ1v) is 7.33. The Balaban J connectivity index is 2.44. The summed E-state index contributed by atoms with van der Waals surface area (Å²) in [4.78, 5) is 14.0. The van der Waals surface area contributed by atoms with Gasteiger partial charge in [0.1, 0.15) is 0 Å². The highest BCUT2D eigenvalue weighted by Gasteiger charge is 2.25. The second-order valence-corrected chi connectivity index (χ2v) is 5.55. The van der Waals surface area contributed by atoms with E-state index < -0.39 is 0 Å². The van der Waals surface area contributed by atoms with Crippen LogP contribution in [0, 0.1) is 0 Å². The Morgan fingerprint density at radius 2 is 2.31 bits per heavy atom. The van der Waals surface area contributed by atoms with Gasteiger partial charge >= 0.3 is 0 Å². The summed E-state index contributed by atoms with van der Waals surface area (Å²) in [5, 5.41) is 0.147. The zero-order valence-corrected chi connectivity index (χ0v) is 11.4. The van der Waals surface area contributed by atoms with Crippen LogP contribution in [0.5, 0.6) is 0 Å². The standard InChI is InChI=1S/C11H20ClNO2S/c1-15-8-7-13(6-5-12)11(14)10-4-2-3-9-16-10/h10H,2-9H2,1H3. The fraction of sp³-hybridized carbons (Fsp3) is 0.909. The first kappa shape index (κ1) is 14.1. The normalized spacial score (nSPS) is 20.8. The van der Waals surface area contributed by atoms with Crippen molar-refractivity contribution in [1.29, 1.82) is 0 Å². The molecule has 1 heterocycles. The molecule has 0 aromatic carbocycles. The molecule has 3 nitrogen and oxygen atoms in total. The second kappa shape index (κ2) is 8.20. The van der Waals surface area contributed by atoms with Gasteiger partial charge < -0.3 is 9.64 Å². The summed E-state index contributed by atoms with van der Waals surface area (Å²) in [7, 11) is 1.65. The Morgan fingerprint density at radius 1 is 1.50 bits per heavy atom. The number of halogens is 1. The molecule has 1 aliphatic heterocycles. The van der Waals surface area contributed by atoms with Gasteiger partial charge in [0.2, 0.25) is 5.91 Å². The summed E-state index contributed by atoms with van der Waals surface area (Å²) in [6.07, 6.45) is 3.42. The minimum Gasteiger partial charge on any atom is -0.383 e. The molecule has 1 aliphatic rings. The molecule has 5 heteroatoms. The molecule has 0 saturated carbocycles. The minimum absolute atomic E-state index is 0.147. The highest BCUT2D eigenvalue weighted by atomic mass is 35.5. The van der Waals surface area contributed by atoms with Crippen molar-refractivity contribution in [2.24, 2.45) is 0 Å². The molecular formula is C11H20ClNO2S. The van der Waals surface area contributed by atoms with Crippen LogP contribution in [-0.4, -0.2) is 54.5 Å². The van der Waals surface area contributed by atoms with Crippen molar-refractivity contribution in [3.05, 3.63) is 0 Å². The SMILES string of the molecule is COCCN(CCCl)C(=O)C1CCCCS1. The number of thioether (sulfide) groups is 1. The van der Waals surface area contributed by atoms with E-state index in [9.17, 15) is 4.79 Å². The largest absolute Gasteiger partial charge is 0.383 e. The Bertz CT molecular complexity index is 210. The van der Waals surface area contributed by atoms with Crippen molar-refractivity contribution in [2.45, 2.75) is 24.5 Å². The fourth-order valence-electron chi connectivity index (χ4n) is 1.77. The van der Waals surface area contributed by atoms with Crippen LogP contribution in [0.25, 0.3) is 0 Å². The van der Waals surface area contributed by atoms with Gasteiger partial charge in [0, 0.05) is 26.1 Å². The molecule has 16 heavy (non-hydrogen) atoms. The van der Waals surface area contributed by atoms with Crippen molar-refractivity contribution < 1.29 is 9.53 Å². The van der Waals surface area contributed by atoms with Crippen molar-refractivity contribution >= 4 is 29.3 Å². The molecule has 0 bridgehead atoms. The lowest BCUT2D eigenvalue weighted by Crippen LogP contribution is -2.41. The third-order valence-electron chi connectivity index (χ3n) is 2.69. The monoisotopic (exact) mass is 265 g/mol. The average Bonchev–Trinajstić information content (AvgIpc) is 2.35. The van der Waals surface area contributed by atoms with Gasteiger partial charge in [0.15, 0.2) is 0 Å². The van der Waals surface area contributed by atoms with E-state index in [-0.39, 0.29) is 11.2 Å². The molecule has 0 radical (unpaired) electrons. The number of hydrogen-bond acceptors (Lipinski definition) is 3. The van der Waals surface area contributed by atoms with Gasteiger partial charge in [-0.25, -0.2) is 0 Å². The molecule has 1 atom stereocenters. The molecular weight excluding hydrogens is 246 g/mol. The number of alkyl halides is 1. The van der Waals surface area contributed by atoms with Crippen molar-refractivity contribution in [1.82, 2.24) is 4.90 Å². The Kier molecular flexibility index (Phi) is 7.25. The predicted octanol–water partition coefficient (Wildman–Crippen LogP) is 1.99. The summed E-state index contributed by atoms with van der Waals surface area (Å²) < 4.78 is 5.01. The number of nitrogens with zero attached hydrogens (tertiary/aromatic N) is 1. The first-order valence-electron chi connectivity index (χ1n) is 5.75. The number of hydrogen-bond donors (Lipinski definition) is 0. The Hall–Kier alpha value is 0.0700. The van der Waals surface area contributed by atoms with Crippen LogP contribution in [0.1, 0.15) is 19.3 Å². The van der Waals surface area contributed by atoms with Gasteiger partial charge in [-0.1, -0.05) is 6.42 Å². The molecule has 94 valence electrons. The lowest BCUT2D eigenvalue weighted by Gasteiger charge is -2.28. The highest BCUT2D eigenvalue weighted by molar-refractivity contribution is 8.00. The number of amides is 1. The summed E-state index contributed by atoms with van der Waals surface area (Å²) in [5.41, 5.74) is 0. The lowest BCUT2D eigenvalue weighted by molar-refractivity contribution is -0.131. The number of ether oxygens (including phenoxy) is 1. The van der Waals surface area contributed by atoms with Gasteiger partial charge in [-0.3, -0.25) is 4.79 Å². The van der Waals surface area contributed by atoms with Crippen molar-refractivity contribution in [3.63, 3.8) is 0 Å². The number of rotatable bonds is 6. The van der Waals surface area contributed by atoms with Gasteiger partial charge in [0.25, 0.3) is 0 Å². The van der Waals surface area contributed by atoms with E-state index in [2.05, 4.69) is 0 Å². The van der Waals surface area contributed by atoms with Gasteiger partial charge in [-0.05, 0) is 18.6 Å². The number of methoxy groups -OCH3 is 1. The van der Waals surface area contributed by atoms with E-state index in [1.54, 1.807) is 18.9 Å². The van der Waals surface area contributed by atoms with E-state index >= 15 is 0 Å². The van der Waals surface area contributed by atoms with E-state index in [0.717, 1.165) is 12.2 Å². The second-order valence-electron chi connectivity index (χ2n) is 3.86. The quantitative estimate of drug-likeness (QED) is 0.688. The highest BCUT2D eigenvalue weighted by Crippen LogP contribution is 2.26. The molecule has 1 saturated heterocycles. The van der Waals surface area contributed by atoms with Crippen LogP contribution in [0.3, 0.4) is 0 Å².